The molecule has 0 atom stereocenters. The van der Waals surface area contributed by atoms with Crippen molar-refractivity contribution in [3.05, 3.63) is 72.7 Å². The Bertz CT molecular complexity index is 1130. The lowest BCUT2D eigenvalue weighted by atomic mass is 9.97. The van der Waals surface area contributed by atoms with Crippen LogP contribution in [-0.2, 0) is 0 Å². The number of rotatable bonds is 2. The quantitative estimate of drug-likeness (QED) is 0.569. The number of anilines is 1. The van der Waals surface area contributed by atoms with Crippen LogP contribution < -0.4 is 5.73 Å². The van der Waals surface area contributed by atoms with Gasteiger partial charge in [-0.1, -0.05) is 30.3 Å². The molecule has 0 aliphatic carbocycles. The van der Waals surface area contributed by atoms with E-state index in [9.17, 15) is 0 Å². The monoisotopic (exact) mass is 337 g/mol. The fourth-order valence-corrected chi connectivity index (χ4v) is 3.01. The van der Waals surface area contributed by atoms with Crippen LogP contribution in [0.2, 0.25) is 0 Å². The molecule has 25 heavy (non-hydrogen) atoms. The molecule has 0 saturated heterocycles. The normalized spacial score (nSPS) is 10.5. The molecule has 0 amide bonds. The van der Waals surface area contributed by atoms with Crippen molar-refractivity contribution in [2.24, 2.45) is 0 Å². The number of nitrogen functional groups attached to an aromatic ring is 1. The van der Waals surface area contributed by atoms with Crippen LogP contribution in [0.4, 0.5) is 5.82 Å². The van der Waals surface area contributed by atoms with Crippen LogP contribution in [-0.4, -0.2) is 24.6 Å². The van der Waals surface area contributed by atoms with Gasteiger partial charge in [0, 0.05) is 22.7 Å². The van der Waals surface area contributed by atoms with Crippen LogP contribution in [0.5, 0.6) is 0 Å². The summed E-state index contributed by atoms with van der Waals surface area (Å²) in [5.74, 6) is 0.475. The molecule has 2 heterocycles. The molecule has 0 aliphatic rings. The Morgan fingerprint density at radius 3 is 2.68 bits per heavy atom. The molecule has 0 spiro atoms. The Hall–Kier alpha value is -3.27. The molecule has 0 unspecified atom stereocenters. The predicted molar refractivity (Wildman–Crippen MR) is 101 cm³/mol. The number of nitrogens with two attached hydrogens (primary N) is 1. The Morgan fingerprint density at radius 1 is 0.880 bits per heavy atom. The Kier molecular flexibility index (Phi) is 3.86. The van der Waals surface area contributed by atoms with Crippen molar-refractivity contribution in [3.8, 4) is 27.9 Å². The number of aromatic nitrogens is 3. The average Bonchev–Trinajstić information content (AvgIpc) is 2.68. The maximum Gasteiger partial charge on any atom is 0.134 e. The fraction of sp³-hybridized carbons (Fsp3) is 0. The summed E-state index contributed by atoms with van der Waals surface area (Å²) in [7, 11) is 3.31. The van der Waals surface area contributed by atoms with Crippen molar-refractivity contribution >= 4 is 26.4 Å². The van der Waals surface area contributed by atoms with E-state index in [4.69, 9.17) is 5.73 Å². The van der Waals surface area contributed by atoms with Gasteiger partial charge in [-0.3, -0.25) is 4.98 Å². The number of nitrogens with zero attached hydrogens (tertiary/aromatic N) is 3. The first kappa shape index (κ1) is 15.3. The van der Waals surface area contributed by atoms with Crippen LogP contribution in [0.25, 0.3) is 33.3 Å². The zero-order valence-corrected chi connectivity index (χ0v) is 14.3. The van der Waals surface area contributed by atoms with Crippen LogP contribution in [0.15, 0.2) is 67.1 Å². The maximum atomic E-state index is 6.01. The standard InChI is InChI=1S/C20H13N4Si/c21-20-17-10-14(6-7-18(17)23-12-24-20)16-5-2-8-22-19(16)15-4-1-3-13(9-15)11-25/h1-10,12H,(H2,21,23,24)/q-1. The summed E-state index contributed by atoms with van der Waals surface area (Å²) >= 11 is 0. The number of hydrogen-bond donors (Lipinski definition) is 1. The second-order valence-electron chi connectivity index (χ2n) is 5.60. The van der Waals surface area contributed by atoms with Crippen LogP contribution in [0, 0.1) is 5.50 Å². The topological polar surface area (TPSA) is 64.7 Å². The lowest BCUT2D eigenvalue weighted by Gasteiger charge is -2.11. The predicted octanol–water partition coefficient (Wildman–Crippen LogP) is 3.42. The third-order valence-electron chi connectivity index (χ3n) is 4.07. The molecule has 118 valence electrons. The fourth-order valence-electron chi connectivity index (χ4n) is 2.86. The molecule has 0 radical (unpaired) electrons. The van der Waals surface area contributed by atoms with Gasteiger partial charge in [0.2, 0.25) is 0 Å². The van der Waals surface area contributed by atoms with E-state index < -0.39 is 0 Å². The zero-order chi connectivity index (χ0) is 17.2. The summed E-state index contributed by atoms with van der Waals surface area (Å²) in [6.45, 7) is 0. The molecule has 0 fully saturated rings. The van der Waals surface area contributed by atoms with E-state index in [1.165, 1.54) is 6.33 Å². The SMILES string of the molecule is Nc1ncnc2ccc(-c3cccnc3-c3cccc(C#[Si-])c3)cc12. The minimum atomic E-state index is 0.475. The Balaban J connectivity index is 1.92. The molecule has 0 saturated carbocycles. The first-order valence-electron chi connectivity index (χ1n) is 7.75. The molecule has 4 aromatic rings. The van der Waals surface area contributed by atoms with Gasteiger partial charge in [0.25, 0.3) is 0 Å². The highest BCUT2D eigenvalue weighted by molar-refractivity contribution is 5.98. The Labute approximate surface area is 148 Å². The molecular formula is C20H13N4Si-. The first-order valence-corrected chi connectivity index (χ1v) is 8.25. The van der Waals surface area contributed by atoms with Gasteiger partial charge in [-0.2, -0.15) is 0 Å². The Morgan fingerprint density at radius 2 is 1.80 bits per heavy atom. The van der Waals surface area contributed by atoms with Crippen molar-refractivity contribution in [3.63, 3.8) is 0 Å². The molecule has 2 N–H and O–H groups in total. The van der Waals surface area contributed by atoms with Gasteiger partial charge in [-0.15, -0.1) is 0 Å². The maximum absolute atomic E-state index is 6.01. The van der Waals surface area contributed by atoms with Gasteiger partial charge >= 0.3 is 0 Å². The second-order valence-corrected chi connectivity index (χ2v) is 5.85. The van der Waals surface area contributed by atoms with Gasteiger partial charge in [-0.05, 0) is 35.4 Å². The zero-order valence-electron chi connectivity index (χ0n) is 13.3. The van der Waals surface area contributed by atoms with Crippen molar-refractivity contribution in [2.45, 2.75) is 0 Å². The first-order chi connectivity index (χ1) is 12.3. The molecule has 4 rings (SSSR count). The van der Waals surface area contributed by atoms with Crippen LogP contribution in [0.3, 0.4) is 0 Å². The average molecular weight is 337 g/mol. The van der Waals surface area contributed by atoms with E-state index in [0.717, 1.165) is 38.9 Å². The largest absolute Gasteiger partial charge is 0.638 e. The number of hydrogen-bond acceptors (Lipinski definition) is 4. The summed E-state index contributed by atoms with van der Waals surface area (Å²) in [5, 5.41) is 0.838. The highest BCUT2D eigenvalue weighted by atomic mass is 28.1. The lowest BCUT2D eigenvalue weighted by molar-refractivity contribution is 1.23. The number of benzene rings is 2. The van der Waals surface area contributed by atoms with Gasteiger partial charge in [0.15, 0.2) is 0 Å². The van der Waals surface area contributed by atoms with E-state index in [2.05, 4.69) is 36.2 Å². The summed E-state index contributed by atoms with van der Waals surface area (Å²) in [5.41, 5.74) is 14.7. The van der Waals surface area contributed by atoms with Crippen molar-refractivity contribution in [1.82, 2.24) is 15.0 Å². The molecule has 0 aliphatic heterocycles. The highest BCUT2D eigenvalue weighted by Crippen LogP contribution is 2.32. The number of pyridine rings is 1. The van der Waals surface area contributed by atoms with E-state index in [1.54, 1.807) is 6.20 Å². The summed E-state index contributed by atoms with van der Waals surface area (Å²) in [6, 6.07) is 18.0. The second kappa shape index (κ2) is 6.32. The van der Waals surface area contributed by atoms with E-state index >= 15 is 0 Å². The van der Waals surface area contributed by atoms with Gasteiger partial charge in [0.05, 0.1) is 11.2 Å². The molecule has 4 nitrogen and oxygen atoms in total. The summed E-state index contributed by atoms with van der Waals surface area (Å²) in [4.78, 5) is 12.9. The van der Waals surface area contributed by atoms with Gasteiger partial charge in [0.1, 0.15) is 12.1 Å². The van der Waals surface area contributed by atoms with Crippen molar-refractivity contribution < 1.29 is 0 Å². The number of fused-ring (bicyclic) bond motifs is 1. The van der Waals surface area contributed by atoms with E-state index in [-0.39, 0.29) is 0 Å². The minimum Gasteiger partial charge on any atom is -0.638 e. The molecule has 2 aromatic carbocycles. The third-order valence-corrected chi connectivity index (χ3v) is 4.35. The van der Waals surface area contributed by atoms with E-state index in [1.807, 2.05) is 48.5 Å². The third kappa shape index (κ3) is 2.82. The summed E-state index contributed by atoms with van der Waals surface area (Å²) in [6.07, 6.45) is 3.27. The van der Waals surface area contributed by atoms with Crippen LogP contribution in [0.1, 0.15) is 5.56 Å². The van der Waals surface area contributed by atoms with Crippen LogP contribution >= 0.6 is 0 Å². The molecular weight excluding hydrogens is 324 g/mol. The van der Waals surface area contributed by atoms with Crippen molar-refractivity contribution in [1.29, 1.82) is 0 Å². The lowest BCUT2D eigenvalue weighted by Crippen LogP contribution is -1.94. The minimum absolute atomic E-state index is 0.475. The molecule has 0 bridgehead atoms. The smallest absolute Gasteiger partial charge is 0.134 e. The highest BCUT2D eigenvalue weighted by Gasteiger charge is 2.10. The molecule has 2 aromatic heterocycles. The van der Waals surface area contributed by atoms with Crippen molar-refractivity contribution in [2.75, 3.05) is 5.73 Å². The van der Waals surface area contributed by atoms with Gasteiger partial charge in [-0.25, -0.2) is 9.97 Å². The summed E-state index contributed by atoms with van der Waals surface area (Å²) < 4.78 is 0. The van der Waals surface area contributed by atoms with E-state index in [0.29, 0.717) is 5.82 Å². The van der Waals surface area contributed by atoms with Gasteiger partial charge < -0.3 is 20.9 Å². The molecule has 5 heteroatoms.